The van der Waals surface area contributed by atoms with Crippen LogP contribution in [0.5, 0.6) is 0 Å². The van der Waals surface area contributed by atoms with Gasteiger partial charge >= 0.3 is 0 Å². The highest BCUT2D eigenvalue weighted by Crippen LogP contribution is 2.32. The first-order chi connectivity index (χ1) is 7.77. The number of nitrogens with zero attached hydrogens (tertiary/aromatic N) is 1. The van der Waals surface area contributed by atoms with Crippen LogP contribution in [0, 0.1) is 11.3 Å². The maximum Gasteiger partial charge on any atom is 0.251 e. The quantitative estimate of drug-likeness (QED) is 0.717. The SMILES string of the molecule is CN(CCCC(CCN)C(C)(C)C)CC(F)F. The van der Waals surface area contributed by atoms with Crippen molar-refractivity contribution < 1.29 is 8.78 Å². The Morgan fingerprint density at radius 3 is 2.18 bits per heavy atom. The first-order valence-electron chi connectivity index (χ1n) is 6.44. The van der Waals surface area contributed by atoms with E-state index in [4.69, 9.17) is 5.73 Å². The lowest BCUT2D eigenvalue weighted by atomic mass is 9.76. The molecule has 0 aliphatic carbocycles. The van der Waals surface area contributed by atoms with Gasteiger partial charge in [0.25, 0.3) is 6.43 Å². The van der Waals surface area contributed by atoms with Crippen molar-refractivity contribution in [3.8, 4) is 0 Å². The molecule has 0 saturated carbocycles. The number of alkyl halides is 2. The minimum Gasteiger partial charge on any atom is -0.330 e. The largest absolute Gasteiger partial charge is 0.330 e. The van der Waals surface area contributed by atoms with E-state index in [0.29, 0.717) is 12.5 Å². The fourth-order valence-corrected chi connectivity index (χ4v) is 2.15. The van der Waals surface area contributed by atoms with E-state index in [1.807, 2.05) is 0 Å². The normalized spacial score (nSPS) is 14.6. The summed E-state index contributed by atoms with van der Waals surface area (Å²) in [5, 5.41) is 0. The molecule has 0 spiro atoms. The van der Waals surface area contributed by atoms with Gasteiger partial charge in [-0.25, -0.2) is 8.78 Å². The molecule has 2 nitrogen and oxygen atoms in total. The molecule has 0 aliphatic rings. The van der Waals surface area contributed by atoms with Crippen LogP contribution in [0.1, 0.15) is 40.0 Å². The van der Waals surface area contributed by atoms with E-state index in [0.717, 1.165) is 25.8 Å². The van der Waals surface area contributed by atoms with Gasteiger partial charge in [-0.05, 0) is 50.7 Å². The molecule has 0 fully saturated rings. The zero-order valence-electron chi connectivity index (χ0n) is 11.7. The fraction of sp³-hybridized carbons (Fsp3) is 1.00. The van der Waals surface area contributed by atoms with Crippen molar-refractivity contribution in [3.05, 3.63) is 0 Å². The molecule has 0 aromatic heterocycles. The molecule has 1 atom stereocenters. The summed E-state index contributed by atoms with van der Waals surface area (Å²) >= 11 is 0. The van der Waals surface area contributed by atoms with Gasteiger partial charge in [0.05, 0.1) is 6.54 Å². The molecule has 4 heteroatoms. The molecule has 0 rings (SSSR count). The lowest BCUT2D eigenvalue weighted by Gasteiger charge is -2.31. The highest BCUT2D eigenvalue weighted by molar-refractivity contribution is 4.74. The van der Waals surface area contributed by atoms with Gasteiger partial charge in [-0.1, -0.05) is 20.8 Å². The molecular weight excluding hydrogens is 222 g/mol. The summed E-state index contributed by atoms with van der Waals surface area (Å²) in [5.41, 5.74) is 5.86. The standard InChI is InChI=1S/C13H28F2N2/c1-13(2,3)11(7-8-16)6-5-9-17(4)10-12(14)15/h11-12H,5-10,16H2,1-4H3. The maximum absolute atomic E-state index is 12.1. The second-order valence-corrected chi connectivity index (χ2v) is 5.94. The summed E-state index contributed by atoms with van der Waals surface area (Å²) in [6, 6.07) is 0. The Kier molecular flexibility index (Phi) is 7.88. The molecule has 2 N–H and O–H groups in total. The monoisotopic (exact) mass is 250 g/mol. The number of nitrogens with two attached hydrogens (primary N) is 1. The molecule has 104 valence electrons. The molecule has 0 aromatic rings. The molecule has 0 bridgehead atoms. The summed E-state index contributed by atoms with van der Waals surface area (Å²) in [7, 11) is 1.75. The van der Waals surface area contributed by atoms with Crippen LogP contribution in [-0.4, -0.2) is 38.0 Å². The van der Waals surface area contributed by atoms with E-state index in [2.05, 4.69) is 20.8 Å². The molecule has 0 amide bonds. The Morgan fingerprint density at radius 2 is 1.76 bits per heavy atom. The predicted octanol–water partition coefficient (Wildman–Crippen LogP) is 2.97. The molecule has 1 unspecified atom stereocenters. The number of halogens is 2. The van der Waals surface area contributed by atoms with E-state index in [-0.39, 0.29) is 12.0 Å². The Labute approximate surface area is 105 Å². The van der Waals surface area contributed by atoms with Crippen LogP contribution in [0.2, 0.25) is 0 Å². The topological polar surface area (TPSA) is 29.3 Å². The van der Waals surface area contributed by atoms with Crippen molar-refractivity contribution in [1.29, 1.82) is 0 Å². The van der Waals surface area contributed by atoms with E-state index in [1.54, 1.807) is 11.9 Å². The van der Waals surface area contributed by atoms with Crippen LogP contribution >= 0.6 is 0 Å². The Morgan fingerprint density at radius 1 is 1.18 bits per heavy atom. The van der Waals surface area contributed by atoms with E-state index >= 15 is 0 Å². The lowest BCUT2D eigenvalue weighted by Crippen LogP contribution is -2.28. The molecule has 0 aromatic carbocycles. The third-order valence-electron chi connectivity index (χ3n) is 3.28. The van der Waals surface area contributed by atoms with Gasteiger partial charge in [0.2, 0.25) is 0 Å². The zero-order valence-corrected chi connectivity index (χ0v) is 11.7. The number of hydrogen-bond donors (Lipinski definition) is 1. The van der Waals surface area contributed by atoms with Crippen LogP contribution in [0.25, 0.3) is 0 Å². The summed E-state index contributed by atoms with van der Waals surface area (Å²) in [4.78, 5) is 1.70. The van der Waals surface area contributed by atoms with Gasteiger partial charge in [0, 0.05) is 0 Å². The van der Waals surface area contributed by atoms with Gasteiger partial charge in [-0.15, -0.1) is 0 Å². The van der Waals surface area contributed by atoms with Gasteiger partial charge in [-0.2, -0.15) is 0 Å². The highest BCUT2D eigenvalue weighted by Gasteiger charge is 2.23. The Hall–Kier alpha value is -0.220. The number of hydrogen-bond acceptors (Lipinski definition) is 2. The van der Waals surface area contributed by atoms with Gasteiger partial charge < -0.3 is 10.6 Å². The summed E-state index contributed by atoms with van der Waals surface area (Å²) < 4.78 is 24.2. The van der Waals surface area contributed by atoms with Crippen LogP contribution in [0.3, 0.4) is 0 Å². The molecule has 0 saturated heterocycles. The average Bonchev–Trinajstić information content (AvgIpc) is 2.13. The van der Waals surface area contributed by atoms with Gasteiger partial charge in [-0.3, -0.25) is 0 Å². The fourth-order valence-electron chi connectivity index (χ4n) is 2.15. The summed E-state index contributed by atoms with van der Waals surface area (Å²) in [5.74, 6) is 0.576. The maximum atomic E-state index is 12.1. The Bertz CT molecular complexity index is 190. The summed E-state index contributed by atoms with van der Waals surface area (Å²) in [6.45, 7) is 7.97. The van der Waals surface area contributed by atoms with E-state index < -0.39 is 6.43 Å². The minimum atomic E-state index is -2.23. The van der Waals surface area contributed by atoms with Crippen LogP contribution in [-0.2, 0) is 0 Å². The first-order valence-corrected chi connectivity index (χ1v) is 6.44. The predicted molar refractivity (Wildman–Crippen MR) is 69.4 cm³/mol. The van der Waals surface area contributed by atoms with Crippen molar-refractivity contribution in [2.24, 2.45) is 17.1 Å². The van der Waals surface area contributed by atoms with Crippen LogP contribution in [0.15, 0.2) is 0 Å². The third-order valence-corrected chi connectivity index (χ3v) is 3.28. The van der Waals surface area contributed by atoms with Gasteiger partial charge in [0.1, 0.15) is 0 Å². The minimum absolute atomic E-state index is 0.128. The van der Waals surface area contributed by atoms with Crippen molar-refractivity contribution in [2.45, 2.75) is 46.5 Å². The second-order valence-electron chi connectivity index (χ2n) is 5.94. The van der Waals surface area contributed by atoms with E-state index in [9.17, 15) is 8.78 Å². The molecule has 0 radical (unpaired) electrons. The number of rotatable bonds is 8. The zero-order chi connectivity index (χ0) is 13.5. The van der Waals surface area contributed by atoms with Crippen molar-refractivity contribution >= 4 is 0 Å². The van der Waals surface area contributed by atoms with Crippen molar-refractivity contribution in [2.75, 3.05) is 26.7 Å². The highest BCUT2D eigenvalue weighted by atomic mass is 19.3. The third kappa shape index (κ3) is 8.50. The molecule has 0 heterocycles. The molecular formula is C13H28F2N2. The molecule has 17 heavy (non-hydrogen) atoms. The van der Waals surface area contributed by atoms with Crippen LogP contribution in [0.4, 0.5) is 8.78 Å². The summed E-state index contributed by atoms with van der Waals surface area (Å²) in [6.07, 6.45) is 0.809. The van der Waals surface area contributed by atoms with Gasteiger partial charge in [0.15, 0.2) is 0 Å². The second kappa shape index (κ2) is 7.98. The average molecular weight is 250 g/mol. The Balaban J connectivity index is 3.90. The van der Waals surface area contributed by atoms with Crippen LogP contribution < -0.4 is 5.73 Å². The lowest BCUT2D eigenvalue weighted by molar-refractivity contribution is 0.0972. The van der Waals surface area contributed by atoms with E-state index in [1.165, 1.54) is 0 Å². The van der Waals surface area contributed by atoms with Crippen molar-refractivity contribution in [3.63, 3.8) is 0 Å². The smallest absolute Gasteiger partial charge is 0.251 e. The van der Waals surface area contributed by atoms with Crippen molar-refractivity contribution in [1.82, 2.24) is 4.90 Å². The molecule has 0 aliphatic heterocycles. The first kappa shape index (κ1) is 16.8.